The van der Waals surface area contributed by atoms with Gasteiger partial charge in [0.15, 0.2) is 0 Å². The Labute approximate surface area is 186 Å². The smallest absolute Gasteiger partial charge is 0.340 e. The van der Waals surface area contributed by atoms with E-state index in [0.29, 0.717) is 33.6 Å². The van der Waals surface area contributed by atoms with Gasteiger partial charge in [0.25, 0.3) is 5.56 Å². The van der Waals surface area contributed by atoms with E-state index < -0.39 is 11.2 Å². The molecule has 166 valence electrons. The number of benzene rings is 2. The molecule has 0 unspecified atom stereocenters. The van der Waals surface area contributed by atoms with Crippen LogP contribution in [0, 0.1) is 12.7 Å². The standard InChI is InChI=1S/C26H27FN2O3/c1-6-17(3)24(32-5)15-13-20(7-2)28-25(30)21-10-8-9-11-23(21)29(26(28)31)22-14-12-19(27)16-18(22)4/h7-16H,6H2,1-5H3/b15-13-,20-7+,24-17-. The molecule has 0 radical (unpaired) electrons. The van der Waals surface area contributed by atoms with Crippen LogP contribution in [0.15, 0.2) is 81.6 Å². The van der Waals surface area contributed by atoms with Crippen LogP contribution in [0.4, 0.5) is 4.39 Å². The van der Waals surface area contributed by atoms with Crippen LogP contribution in [0.5, 0.6) is 0 Å². The van der Waals surface area contributed by atoms with Crippen molar-refractivity contribution in [2.75, 3.05) is 7.11 Å². The monoisotopic (exact) mass is 434 g/mol. The number of methoxy groups -OCH3 is 1. The van der Waals surface area contributed by atoms with Crippen LogP contribution in [0.3, 0.4) is 0 Å². The van der Waals surface area contributed by atoms with Crippen LogP contribution in [0.2, 0.25) is 0 Å². The van der Waals surface area contributed by atoms with Crippen LogP contribution in [-0.2, 0) is 4.74 Å². The van der Waals surface area contributed by atoms with Crippen LogP contribution in [-0.4, -0.2) is 16.2 Å². The van der Waals surface area contributed by atoms with Crippen molar-refractivity contribution < 1.29 is 9.13 Å². The summed E-state index contributed by atoms with van der Waals surface area (Å²) < 4.78 is 21.8. The number of halogens is 1. The zero-order valence-electron chi connectivity index (χ0n) is 19.0. The van der Waals surface area contributed by atoms with Crippen LogP contribution in [0.25, 0.3) is 22.3 Å². The van der Waals surface area contributed by atoms with Crippen LogP contribution < -0.4 is 11.2 Å². The molecular weight excluding hydrogens is 407 g/mol. The van der Waals surface area contributed by atoms with Gasteiger partial charge < -0.3 is 4.74 Å². The average Bonchev–Trinajstić information content (AvgIpc) is 2.79. The molecule has 0 saturated heterocycles. The van der Waals surface area contributed by atoms with Crippen molar-refractivity contribution in [2.24, 2.45) is 0 Å². The van der Waals surface area contributed by atoms with Crippen molar-refractivity contribution in [1.82, 2.24) is 9.13 Å². The summed E-state index contributed by atoms with van der Waals surface area (Å²) >= 11 is 0. The van der Waals surface area contributed by atoms with Gasteiger partial charge in [0, 0.05) is 5.70 Å². The van der Waals surface area contributed by atoms with E-state index in [1.54, 1.807) is 69.5 Å². The molecule has 0 bridgehead atoms. The van der Waals surface area contributed by atoms with E-state index in [1.165, 1.54) is 16.7 Å². The number of hydrogen-bond acceptors (Lipinski definition) is 3. The minimum absolute atomic E-state index is 0.385. The van der Waals surface area contributed by atoms with Gasteiger partial charge in [-0.05, 0) is 80.8 Å². The summed E-state index contributed by atoms with van der Waals surface area (Å²) in [6.45, 7) is 7.48. The number of fused-ring (bicyclic) bond motifs is 1. The summed E-state index contributed by atoms with van der Waals surface area (Å²) in [5.41, 5.74) is 2.07. The van der Waals surface area contributed by atoms with E-state index in [-0.39, 0.29) is 5.82 Å². The van der Waals surface area contributed by atoms with Gasteiger partial charge >= 0.3 is 5.69 Å². The summed E-state index contributed by atoms with van der Waals surface area (Å²) in [7, 11) is 1.58. The Balaban J connectivity index is 2.36. The number of hydrogen-bond donors (Lipinski definition) is 0. The first-order chi connectivity index (χ1) is 15.3. The second-order valence-electron chi connectivity index (χ2n) is 7.46. The topological polar surface area (TPSA) is 53.2 Å². The highest BCUT2D eigenvalue weighted by molar-refractivity contribution is 5.81. The minimum Gasteiger partial charge on any atom is -0.497 e. The molecule has 1 heterocycles. The number of aryl methyl sites for hydroxylation is 1. The molecule has 0 aliphatic heterocycles. The summed E-state index contributed by atoms with van der Waals surface area (Å²) in [6.07, 6.45) is 5.95. The first-order valence-corrected chi connectivity index (χ1v) is 10.5. The summed E-state index contributed by atoms with van der Waals surface area (Å²) in [5.74, 6) is 0.287. The highest BCUT2D eigenvalue weighted by atomic mass is 19.1. The van der Waals surface area contributed by atoms with Crippen molar-refractivity contribution in [3.05, 3.63) is 104 Å². The molecule has 0 spiro atoms. The molecule has 0 aliphatic carbocycles. The molecule has 0 aliphatic rings. The van der Waals surface area contributed by atoms with Gasteiger partial charge in [-0.15, -0.1) is 0 Å². The largest absolute Gasteiger partial charge is 0.497 e. The summed E-state index contributed by atoms with van der Waals surface area (Å²) in [5, 5.41) is 0.385. The lowest BCUT2D eigenvalue weighted by Gasteiger charge is -2.16. The average molecular weight is 435 g/mol. The lowest BCUT2D eigenvalue weighted by molar-refractivity contribution is 0.301. The fourth-order valence-electron chi connectivity index (χ4n) is 3.61. The van der Waals surface area contributed by atoms with Crippen molar-refractivity contribution in [2.45, 2.75) is 34.1 Å². The lowest BCUT2D eigenvalue weighted by Crippen LogP contribution is -2.38. The number of ether oxygens (including phenoxy) is 1. The number of allylic oxidation sites excluding steroid dienone is 5. The van der Waals surface area contributed by atoms with Gasteiger partial charge in [0.2, 0.25) is 0 Å². The van der Waals surface area contributed by atoms with Gasteiger partial charge in [-0.1, -0.05) is 25.1 Å². The maximum absolute atomic E-state index is 13.7. The first-order valence-electron chi connectivity index (χ1n) is 10.5. The van der Waals surface area contributed by atoms with Gasteiger partial charge in [0.05, 0.1) is 23.7 Å². The van der Waals surface area contributed by atoms with Gasteiger partial charge in [0.1, 0.15) is 11.6 Å². The normalized spacial score (nSPS) is 13.0. The maximum atomic E-state index is 13.7. The quantitative estimate of drug-likeness (QED) is 0.388. The summed E-state index contributed by atoms with van der Waals surface area (Å²) in [6, 6.07) is 11.1. The Hall–Kier alpha value is -3.67. The van der Waals surface area contributed by atoms with Gasteiger partial charge in [-0.25, -0.2) is 13.8 Å². The van der Waals surface area contributed by atoms with Gasteiger partial charge in [-0.2, -0.15) is 0 Å². The third kappa shape index (κ3) is 4.21. The molecule has 2 aromatic carbocycles. The van der Waals surface area contributed by atoms with Crippen molar-refractivity contribution in [3.8, 4) is 5.69 Å². The molecule has 0 amide bonds. The Morgan fingerprint density at radius 2 is 1.84 bits per heavy atom. The molecule has 32 heavy (non-hydrogen) atoms. The van der Waals surface area contributed by atoms with Crippen molar-refractivity contribution >= 4 is 16.6 Å². The fraction of sp³-hybridized carbons (Fsp3) is 0.231. The number of para-hydroxylation sites is 1. The Bertz CT molecular complexity index is 1370. The Kier molecular flexibility index (Phi) is 6.93. The molecule has 0 atom stereocenters. The Morgan fingerprint density at radius 1 is 1.12 bits per heavy atom. The second-order valence-corrected chi connectivity index (χ2v) is 7.46. The Morgan fingerprint density at radius 3 is 2.47 bits per heavy atom. The van der Waals surface area contributed by atoms with E-state index in [0.717, 1.165) is 16.6 Å². The van der Waals surface area contributed by atoms with E-state index in [2.05, 4.69) is 0 Å². The van der Waals surface area contributed by atoms with Crippen molar-refractivity contribution in [1.29, 1.82) is 0 Å². The highest BCUT2D eigenvalue weighted by Gasteiger charge is 2.17. The van der Waals surface area contributed by atoms with E-state index in [9.17, 15) is 14.0 Å². The van der Waals surface area contributed by atoms with Gasteiger partial charge in [-0.3, -0.25) is 9.36 Å². The highest BCUT2D eigenvalue weighted by Crippen LogP contribution is 2.19. The third-order valence-electron chi connectivity index (χ3n) is 5.49. The lowest BCUT2D eigenvalue weighted by atomic mass is 10.1. The molecule has 3 rings (SSSR count). The van der Waals surface area contributed by atoms with Crippen molar-refractivity contribution in [3.63, 3.8) is 0 Å². The molecule has 3 aromatic rings. The molecule has 6 heteroatoms. The second kappa shape index (κ2) is 9.64. The fourth-order valence-corrected chi connectivity index (χ4v) is 3.61. The molecule has 1 aromatic heterocycles. The molecule has 0 saturated carbocycles. The molecule has 0 N–H and O–H groups in total. The minimum atomic E-state index is -0.531. The SMILES string of the molecule is C\C=C(/C=C\C(OC)=C(/C)CC)n1c(=O)c2ccccc2n(-c2ccc(F)cc2C)c1=O. The maximum Gasteiger partial charge on any atom is 0.340 e. The first kappa shape index (κ1) is 23.0. The summed E-state index contributed by atoms with van der Waals surface area (Å²) in [4.78, 5) is 27.0. The molecule has 0 fully saturated rings. The van der Waals surface area contributed by atoms with E-state index in [1.807, 2.05) is 13.8 Å². The zero-order valence-corrected chi connectivity index (χ0v) is 19.0. The van der Waals surface area contributed by atoms with E-state index in [4.69, 9.17) is 4.74 Å². The third-order valence-corrected chi connectivity index (χ3v) is 5.49. The molecule has 5 nitrogen and oxygen atoms in total. The molecular formula is C26H27FN2O3. The number of aromatic nitrogens is 2. The number of rotatable bonds is 6. The number of nitrogens with zero attached hydrogens (tertiary/aromatic N) is 2. The van der Waals surface area contributed by atoms with Crippen LogP contribution >= 0.6 is 0 Å². The van der Waals surface area contributed by atoms with E-state index >= 15 is 0 Å². The predicted molar refractivity (Wildman–Crippen MR) is 128 cm³/mol. The van der Waals surface area contributed by atoms with Crippen LogP contribution in [0.1, 0.15) is 32.8 Å². The zero-order chi connectivity index (χ0) is 23.4. The predicted octanol–water partition coefficient (Wildman–Crippen LogP) is 5.35.